The molecule has 0 bridgehead atoms. The average molecular weight is 382 g/mol. The van der Waals surface area contributed by atoms with Gasteiger partial charge in [0.25, 0.3) is 11.8 Å². The molecule has 1 aromatic carbocycles. The second-order valence-corrected chi connectivity index (χ2v) is 6.86. The van der Waals surface area contributed by atoms with Crippen LogP contribution in [0.5, 0.6) is 0 Å². The Morgan fingerprint density at radius 2 is 1.79 bits per heavy atom. The highest BCUT2D eigenvalue weighted by atomic mass is 16.5. The summed E-state index contributed by atoms with van der Waals surface area (Å²) in [4.78, 5) is 49.6. The second kappa shape index (κ2) is 8.31. The SMILES string of the molecule is COC(=O)C(N)CC1=CC=C(CCCN2C(=O)c3ccccc3C2=O)CC1=O. The Morgan fingerprint density at radius 1 is 1.14 bits per heavy atom. The van der Waals surface area contributed by atoms with E-state index in [9.17, 15) is 19.2 Å². The first-order valence-electron chi connectivity index (χ1n) is 9.12. The van der Waals surface area contributed by atoms with Gasteiger partial charge in [0.1, 0.15) is 6.04 Å². The molecule has 1 aliphatic heterocycles. The van der Waals surface area contributed by atoms with Crippen molar-refractivity contribution >= 4 is 23.6 Å². The van der Waals surface area contributed by atoms with Crippen molar-refractivity contribution in [1.82, 2.24) is 4.90 Å². The van der Waals surface area contributed by atoms with E-state index in [1.807, 2.05) is 6.08 Å². The standard InChI is InChI=1S/C21H22N2O5/c1-28-21(27)17(22)12-14-9-8-13(11-18(14)24)5-4-10-23-19(25)15-6-2-3-7-16(15)20(23)26/h2-3,6-9,17H,4-5,10-12,22H2,1H3. The highest BCUT2D eigenvalue weighted by molar-refractivity contribution is 6.21. The minimum absolute atomic E-state index is 0.0717. The molecular formula is C21H22N2O5. The number of carbonyl (C=O) groups is 4. The van der Waals surface area contributed by atoms with E-state index in [1.54, 1.807) is 30.3 Å². The van der Waals surface area contributed by atoms with Crippen LogP contribution in [0.2, 0.25) is 0 Å². The summed E-state index contributed by atoms with van der Waals surface area (Å²) < 4.78 is 4.57. The van der Waals surface area contributed by atoms with Crippen molar-refractivity contribution in [1.29, 1.82) is 0 Å². The summed E-state index contributed by atoms with van der Waals surface area (Å²) in [6.07, 6.45) is 5.11. The van der Waals surface area contributed by atoms with Gasteiger partial charge >= 0.3 is 5.97 Å². The Balaban J connectivity index is 1.55. The smallest absolute Gasteiger partial charge is 0.322 e. The summed E-state index contributed by atoms with van der Waals surface area (Å²) in [7, 11) is 1.26. The van der Waals surface area contributed by atoms with Crippen molar-refractivity contribution < 1.29 is 23.9 Å². The van der Waals surface area contributed by atoms with Gasteiger partial charge in [0.2, 0.25) is 0 Å². The molecule has 1 unspecified atom stereocenters. The topological polar surface area (TPSA) is 107 Å². The summed E-state index contributed by atoms with van der Waals surface area (Å²) in [5.74, 6) is -1.16. The van der Waals surface area contributed by atoms with Crippen LogP contribution in [0.4, 0.5) is 0 Å². The Morgan fingerprint density at radius 3 is 2.36 bits per heavy atom. The monoisotopic (exact) mass is 382 g/mol. The maximum atomic E-state index is 12.3. The lowest BCUT2D eigenvalue weighted by Crippen LogP contribution is -2.33. The third-order valence-corrected chi connectivity index (χ3v) is 4.97. The molecule has 7 heteroatoms. The average Bonchev–Trinajstić information content (AvgIpc) is 2.94. The number of benzene rings is 1. The van der Waals surface area contributed by atoms with Crippen molar-refractivity contribution in [2.24, 2.45) is 5.73 Å². The van der Waals surface area contributed by atoms with Crippen LogP contribution in [0.1, 0.15) is 46.4 Å². The van der Waals surface area contributed by atoms with Gasteiger partial charge in [-0.2, -0.15) is 0 Å². The zero-order valence-electron chi connectivity index (χ0n) is 15.6. The zero-order chi connectivity index (χ0) is 20.3. The zero-order valence-corrected chi connectivity index (χ0v) is 15.6. The molecule has 0 saturated heterocycles. The number of allylic oxidation sites excluding steroid dienone is 3. The van der Waals surface area contributed by atoms with Gasteiger partial charge in [0, 0.05) is 19.4 Å². The Hall–Kier alpha value is -3.06. The van der Waals surface area contributed by atoms with E-state index in [0.717, 1.165) is 5.57 Å². The molecular weight excluding hydrogens is 360 g/mol. The first kappa shape index (κ1) is 19.7. The van der Waals surface area contributed by atoms with Crippen LogP contribution >= 0.6 is 0 Å². The predicted molar refractivity (Wildman–Crippen MR) is 101 cm³/mol. The molecule has 0 saturated carbocycles. The number of amides is 2. The Kier molecular flexibility index (Phi) is 5.84. The number of ether oxygens (including phenoxy) is 1. The van der Waals surface area contributed by atoms with Crippen molar-refractivity contribution in [2.45, 2.75) is 31.7 Å². The molecule has 0 radical (unpaired) electrons. The second-order valence-electron chi connectivity index (χ2n) is 6.86. The first-order chi connectivity index (χ1) is 13.4. The molecule has 0 aromatic heterocycles. The number of nitrogens with zero attached hydrogens (tertiary/aromatic N) is 1. The predicted octanol–water partition coefficient (Wildman–Crippen LogP) is 1.78. The summed E-state index contributed by atoms with van der Waals surface area (Å²) >= 11 is 0. The maximum Gasteiger partial charge on any atom is 0.322 e. The van der Waals surface area contributed by atoms with Crippen LogP contribution in [0, 0.1) is 0 Å². The molecule has 1 aliphatic carbocycles. The molecule has 2 aliphatic rings. The third kappa shape index (κ3) is 3.94. The first-order valence-corrected chi connectivity index (χ1v) is 9.12. The molecule has 0 fully saturated rings. The Bertz CT molecular complexity index is 865. The Labute approximate surface area is 162 Å². The van der Waals surface area contributed by atoms with Crippen molar-refractivity contribution in [3.8, 4) is 0 Å². The van der Waals surface area contributed by atoms with Gasteiger partial charge in [-0.1, -0.05) is 29.9 Å². The van der Waals surface area contributed by atoms with Crippen LogP contribution in [0.15, 0.2) is 47.6 Å². The lowest BCUT2D eigenvalue weighted by atomic mass is 9.91. The summed E-state index contributed by atoms with van der Waals surface area (Å²) in [5, 5.41) is 0. The van der Waals surface area contributed by atoms with Crippen LogP contribution in [-0.2, 0) is 14.3 Å². The highest BCUT2D eigenvalue weighted by Crippen LogP contribution is 2.25. The lowest BCUT2D eigenvalue weighted by molar-refractivity contribution is -0.142. The summed E-state index contributed by atoms with van der Waals surface area (Å²) in [6.45, 7) is 0.307. The molecule has 1 aromatic rings. The number of hydrogen-bond donors (Lipinski definition) is 1. The van der Waals surface area contributed by atoms with E-state index in [2.05, 4.69) is 4.74 Å². The number of carbonyl (C=O) groups excluding carboxylic acids is 4. The summed E-state index contributed by atoms with van der Waals surface area (Å²) in [5.41, 5.74) is 8.02. The number of imide groups is 1. The van der Waals surface area contributed by atoms with E-state index in [-0.39, 0.29) is 30.4 Å². The van der Waals surface area contributed by atoms with E-state index in [1.165, 1.54) is 12.0 Å². The van der Waals surface area contributed by atoms with Crippen molar-refractivity contribution in [3.05, 3.63) is 58.7 Å². The normalized spacial score (nSPS) is 17.2. The lowest BCUT2D eigenvalue weighted by Gasteiger charge is -2.17. The number of esters is 1. The molecule has 1 atom stereocenters. The molecule has 0 spiro atoms. The number of ketones is 1. The maximum absolute atomic E-state index is 12.3. The van der Waals surface area contributed by atoms with E-state index >= 15 is 0 Å². The van der Waals surface area contributed by atoms with Gasteiger partial charge in [-0.05, 0) is 30.5 Å². The number of nitrogens with two attached hydrogens (primary N) is 1. The van der Waals surface area contributed by atoms with Crippen molar-refractivity contribution in [3.63, 3.8) is 0 Å². The van der Waals surface area contributed by atoms with Gasteiger partial charge in [0.15, 0.2) is 5.78 Å². The number of fused-ring (bicyclic) bond motifs is 1. The van der Waals surface area contributed by atoms with Crippen LogP contribution < -0.4 is 5.73 Å². The minimum Gasteiger partial charge on any atom is -0.468 e. The van der Waals surface area contributed by atoms with Gasteiger partial charge in [-0.3, -0.25) is 24.1 Å². The van der Waals surface area contributed by atoms with Gasteiger partial charge in [-0.25, -0.2) is 0 Å². The molecule has 1 heterocycles. The number of rotatable bonds is 7. The number of methoxy groups -OCH3 is 1. The number of Topliss-reactive ketones (excluding diaryl/α,β-unsaturated/α-hetero) is 1. The van der Waals surface area contributed by atoms with E-state index < -0.39 is 12.0 Å². The van der Waals surface area contributed by atoms with Crippen molar-refractivity contribution in [2.75, 3.05) is 13.7 Å². The molecule has 146 valence electrons. The molecule has 2 amide bonds. The fraction of sp³-hybridized carbons (Fsp3) is 0.333. The van der Waals surface area contributed by atoms with Crippen LogP contribution in [0.25, 0.3) is 0 Å². The minimum atomic E-state index is -0.857. The van der Waals surface area contributed by atoms with E-state index in [4.69, 9.17) is 5.73 Å². The van der Waals surface area contributed by atoms with E-state index in [0.29, 0.717) is 36.1 Å². The molecule has 3 rings (SSSR count). The fourth-order valence-electron chi connectivity index (χ4n) is 3.42. The largest absolute Gasteiger partial charge is 0.468 e. The molecule has 2 N–H and O–H groups in total. The van der Waals surface area contributed by atoms with Gasteiger partial charge < -0.3 is 10.5 Å². The summed E-state index contributed by atoms with van der Waals surface area (Å²) in [6, 6.07) is 5.93. The quantitative estimate of drug-likeness (QED) is 0.569. The molecule has 7 nitrogen and oxygen atoms in total. The highest BCUT2D eigenvalue weighted by Gasteiger charge is 2.34. The molecule has 28 heavy (non-hydrogen) atoms. The van der Waals surface area contributed by atoms with Crippen LogP contribution in [0.3, 0.4) is 0 Å². The number of hydrogen-bond acceptors (Lipinski definition) is 6. The fourth-order valence-corrected chi connectivity index (χ4v) is 3.42. The van der Waals surface area contributed by atoms with Gasteiger partial charge in [0.05, 0.1) is 18.2 Å². The third-order valence-electron chi connectivity index (χ3n) is 4.97. The van der Waals surface area contributed by atoms with Crippen LogP contribution in [-0.4, -0.2) is 48.2 Å². The van der Waals surface area contributed by atoms with Gasteiger partial charge in [-0.15, -0.1) is 0 Å².